The zero-order valence-corrected chi connectivity index (χ0v) is 12.5. The predicted octanol–water partition coefficient (Wildman–Crippen LogP) is 2.03. The van der Waals surface area contributed by atoms with Gasteiger partial charge in [0.1, 0.15) is 11.6 Å². The minimum Gasteiger partial charge on any atom is -0.389 e. The zero-order valence-electron chi connectivity index (χ0n) is 12.5. The van der Waals surface area contributed by atoms with E-state index in [-0.39, 0.29) is 18.8 Å². The van der Waals surface area contributed by atoms with Crippen LogP contribution in [0.5, 0.6) is 0 Å². The van der Waals surface area contributed by atoms with Crippen molar-refractivity contribution in [3.05, 3.63) is 65.2 Å². The highest BCUT2D eigenvalue weighted by atomic mass is 19.1. The van der Waals surface area contributed by atoms with Gasteiger partial charge in [-0.3, -0.25) is 14.5 Å². The molecule has 0 saturated heterocycles. The average molecular weight is 332 g/mol. The predicted molar refractivity (Wildman–Crippen MR) is 82.7 cm³/mol. The van der Waals surface area contributed by atoms with Gasteiger partial charge >= 0.3 is 0 Å². The van der Waals surface area contributed by atoms with Crippen LogP contribution in [0, 0.1) is 11.6 Å². The van der Waals surface area contributed by atoms with Gasteiger partial charge in [0.05, 0.1) is 29.5 Å². The molecule has 0 aliphatic carbocycles. The molecule has 2 N–H and O–H groups in total. The molecule has 0 bridgehead atoms. The van der Waals surface area contributed by atoms with E-state index < -0.39 is 29.6 Å². The number of hydrogen-bond donors (Lipinski definition) is 2. The van der Waals surface area contributed by atoms with E-state index in [4.69, 9.17) is 0 Å². The Morgan fingerprint density at radius 3 is 2.25 bits per heavy atom. The van der Waals surface area contributed by atoms with Crippen molar-refractivity contribution in [1.29, 1.82) is 0 Å². The lowest BCUT2D eigenvalue weighted by atomic mass is 10.1. The van der Waals surface area contributed by atoms with E-state index in [1.165, 1.54) is 6.07 Å². The lowest BCUT2D eigenvalue weighted by molar-refractivity contribution is 0.0557. The monoisotopic (exact) mass is 332 g/mol. The first-order valence-corrected chi connectivity index (χ1v) is 7.29. The molecule has 2 amide bonds. The molecule has 0 unspecified atom stereocenters. The summed E-state index contributed by atoms with van der Waals surface area (Å²) >= 11 is 0. The van der Waals surface area contributed by atoms with Crippen molar-refractivity contribution in [3.63, 3.8) is 0 Å². The summed E-state index contributed by atoms with van der Waals surface area (Å²) in [7, 11) is 0. The van der Waals surface area contributed by atoms with Crippen LogP contribution in [0.1, 0.15) is 20.7 Å². The number of amides is 2. The summed E-state index contributed by atoms with van der Waals surface area (Å²) in [5, 5.41) is 12.6. The van der Waals surface area contributed by atoms with E-state index in [1.807, 2.05) is 0 Å². The Kier molecular flexibility index (Phi) is 4.26. The maximum absolute atomic E-state index is 13.5. The van der Waals surface area contributed by atoms with Crippen LogP contribution in [0.4, 0.5) is 14.5 Å². The van der Waals surface area contributed by atoms with Crippen LogP contribution < -0.4 is 5.32 Å². The second-order valence-electron chi connectivity index (χ2n) is 5.43. The van der Waals surface area contributed by atoms with Crippen LogP contribution in [-0.2, 0) is 0 Å². The lowest BCUT2D eigenvalue weighted by Crippen LogP contribution is -2.39. The number of benzene rings is 2. The normalized spacial score (nSPS) is 14.7. The molecule has 3 rings (SSSR count). The summed E-state index contributed by atoms with van der Waals surface area (Å²) in [6.07, 6.45) is -1.10. The van der Waals surface area contributed by atoms with Crippen molar-refractivity contribution in [2.75, 3.05) is 18.4 Å². The van der Waals surface area contributed by atoms with E-state index in [9.17, 15) is 23.5 Å². The van der Waals surface area contributed by atoms with Gasteiger partial charge in [0, 0.05) is 12.6 Å². The number of β-amino-alcohol motifs (C(OH)–C–C–N with tert-alkyl or cyclic N) is 1. The molecule has 2 aromatic rings. The molecule has 1 aliphatic rings. The molecule has 24 heavy (non-hydrogen) atoms. The molecule has 1 heterocycles. The van der Waals surface area contributed by atoms with Crippen LogP contribution in [0.3, 0.4) is 0 Å². The van der Waals surface area contributed by atoms with E-state index in [0.29, 0.717) is 11.1 Å². The van der Waals surface area contributed by atoms with Gasteiger partial charge in [-0.25, -0.2) is 8.78 Å². The second-order valence-corrected chi connectivity index (χ2v) is 5.43. The van der Waals surface area contributed by atoms with Gasteiger partial charge in [0.25, 0.3) is 11.8 Å². The van der Waals surface area contributed by atoms with Crippen molar-refractivity contribution < 1.29 is 23.5 Å². The summed E-state index contributed by atoms with van der Waals surface area (Å²) in [5.74, 6) is -2.43. The van der Waals surface area contributed by atoms with E-state index >= 15 is 0 Å². The maximum atomic E-state index is 13.5. The number of carbonyl (C=O) groups is 2. The molecular formula is C17H14F2N2O3. The minimum absolute atomic E-state index is 0.0258. The molecule has 0 saturated carbocycles. The number of imide groups is 1. The number of carbonyl (C=O) groups excluding carboxylic acids is 2. The van der Waals surface area contributed by atoms with E-state index in [0.717, 1.165) is 17.0 Å². The summed E-state index contributed by atoms with van der Waals surface area (Å²) in [6, 6.07) is 9.42. The first kappa shape index (κ1) is 16.1. The van der Waals surface area contributed by atoms with Gasteiger partial charge in [-0.05, 0) is 24.3 Å². The maximum Gasteiger partial charge on any atom is 0.261 e. The summed E-state index contributed by atoms with van der Waals surface area (Å²) in [5.41, 5.74) is 0.622. The van der Waals surface area contributed by atoms with Crippen molar-refractivity contribution in [2.45, 2.75) is 6.10 Å². The number of nitrogens with zero attached hydrogens (tertiary/aromatic N) is 1. The van der Waals surface area contributed by atoms with Crippen molar-refractivity contribution >= 4 is 17.5 Å². The van der Waals surface area contributed by atoms with Crippen LogP contribution in [0.25, 0.3) is 0 Å². The van der Waals surface area contributed by atoms with E-state index in [2.05, 4.69) is 5.32 Å². The number of aliphatic hydroxyl groups excluding tert-OH is 1. The number of hydrogen-bond acceptors (Lipinski definition) is 4. The van der Waals surface area contributed by atoms with Crippen molar-refractivity contribution in [1.82, 2.24) is 4.90 Å². The number of fused-ring (bicyclic) bond motifs is 1. The van der Waals surface area contributed by atoms with Crippen LogP contribution in [-0.4, -0.2) is 41.0 Å². The van der Waals surface area contributed by atoms with Crippen LogP contribution >= 0.6 is 0 Å². The largest absolute Gasteiger partial charge is 0.389 e. The standard InChI is InChI=1S/C17H14F2N2O3/c18-10-5-6-15(14(19)7-10)20-8-11(22)9-21-16(23)12-3-1-2-4-13(12)17(21)24/h1-7,11,20,22H,8-9H2/t11-/m1/s1. The molecule has 2 aromatic carbocycles. The topological polar surface area (TPSA) is 69.6 Å². The van der Waals surface area contributed by atoms with Gasteiger partial charge in [-0.2, -0.15) is 0 Å². The fourth-order valence-corrected chi connectivity index (χ4v) is 2.54. The lowest BCUT2D eigenvalue weighted by Gasteiger charge is -2.19. The molecule has 1 atom stereocenters. The summed E-state index contributed by atoms with van der Waals surface area (Å²) < 4.78 is 26.3. The van der Waals surface area contributed by atoms with E-state index in [1.54, 1.807) is 24.3 Å². The highest BCUT2D eigenvalue weighted by molar-refractivity contribution is 6.21. The third-order valence-electron chi connectivity index (χ3n) is 3.73. The third-order valence-corrected chi connectivity index (χ3v) is 3.73. The van der Waals surface area contributed by atoms with Gasteiger partial charge in [-0.1, -0.05) is 12.1 Å². The summed E-state index contributed by atoms with van der Waals surface area (Å²) in [4.78, 5) is 25.3. The van der Waals surface area contributed by atoms with Crippen molar-refractivity contribution in [3.8, 4) is 0 Å². The Morgan fingerprint density at radius 2 is 1.67 bits per heavy atom. The first-order chi connectivity index (χ1) is 11.5. The number of nitrogens with one attached hydrogen (secondary N) is 1. The third kappa shape index (κ3) is 2.98. The van der Waals surface area contributed by atoms with Crippen LogP contribution in [0.15, 0.2) is 42.5 Å². The Bertz CT molecular complexity index is 775. The molecule has 7 heteroatoms. The Balaban J connectivity index is 1.63. The minimum atomic E-state index is -1.10. The molecule has 0 radical (unpaired) electrons. The fourth-order valence-electron chi connectivity index (χ4n) is 2.54. The molecule has 5 nitrogen and oxygen atoms in total. The Hall–Kier alpha value is -2.80. The fraction of sp³-hybridized carbons (Fsp3) is 0.176. The molecule has 0 spiro atoms. The number of rotatable bonds is 5. The highest BCUT2D eigenvalue weighted by Crippen LogP contribution is 2.22. The number of halogens is 2. The van der Waals surface area contributed by atoms with Gasteiger partial charge in [-0.15, -0.1) is 0 Å². The number of aliphatic hydroxyl groups is 1. The zero-order chi connectivity index (χ0) is 17.3. The SMILES string of the molecule is O=C1c2ccccc2C(=O)N1C[C@H](O)CNc1ccc(F)cc1F. The van der Waals surface area contributed by atoms with Gasteiger partial charge in [0.2, 0.25) is 0 Å². The number of anilines is 1. The highest BCUT2D eigenvalue weighted by Gasteiger charge is 2.35. The van der Waals surface area contributed by atoms with Gasteiger partial charge < -0.3 is 10.4 Å². The Labute approximate surface area is 136 Å². The first-order valence-electron chi connectivity index (χ1n) is 7.29. The Morgan fingerprint density at radius 1 is 1.04 bits per heavy atom. The van der Waals surface area contributed by atoms with Crippen LogP contribution in [0.2, 0.25) is 0 Å². The summed E-state index contributed by atoms with van der Waals surface area (Å²) in [6.45, 7) is -0.321. The quantitative estimate of drug-likeness (QED) is 0.822. The van der Waals surface area contributed by atoms with Crippen molar-refractivity contribution in [2.24, 2.45) is 0 Å². The molecular weight excluding hydrogens is 318 g/mol. The molecule has 0 aromatic heterocycles. The molecule has 124 valence electrons. The second kappa shape index (κ2) is 6.37. The average Bonchev–Trinajstić information content (AvgIpc) is 2.79. The molecule has 1 aliphatic heterocycles. The smallest absolute Gasteiger partial charge is 0.261 e. The molecule has 0 fully saturated rings. The van der Waals surface area contributed by atoms with Gasteiger partial charge in [0.15, 0.2) is 0 Å².